The standard InChI is InChI=1S/C17H12BrNO2S/c1-11-5-4-7-13(9-11)19-16(20)15(22-17(19)21)10-12-6-2-3-8-14(12)18/h2-10H,1H3/b15-10+. The number of amides is 2. The molecule has 0 aliphatic carbocycles. The van der Waals surface area contributed by atoms with Crippen molar-refractivity contribution in [1.29, 1.82) is 0 Å². The summed E-state index contributed by atoms with van der Waals surface area (Å²) in [5.41, 5.74) is 2.49. The maximum atomic E-state index is 12.5. The molecule has 3 rings (SSSR count). The van der Waals surface area contributed by atoms with Crippen LogP contribution >= 0.6 is 27.7 Å². The molecule has 22 heavy (non-hydrogen) atoms. The molecule has 2 aromatic rings. The van der Waals surface area contributed by atoms with Crippen LogP contribution in [-0.2, 0) is 4.79 Å². The SMILES string of the molecule is Cc1cccc(N2C(=O)S/C(=C/c3ccccc3Br)C2=O)c1. The molecule has 1 fully saturated rings. The molecule has 5 heteroatoms. The van der Waals surface area contributed by atoms with E-state index in [-0.39, 0.29) is 11.1 Å². The molecule has 0 aromatic heterocycles. The molecule has 110 valence electrons. The zero-order valence-electron chi connectivity index (χ0n) is 11.7. The molecule has 0 N–H and O–H groups in total. The first-order valence-corrected chi connectivity index (χ1v) is 8.26. The van der Waals surface area contributed by atoms with Crippen LogP contribution in [0.5, 0.6) is 0 Å². The van der Waals surface area contributed by atoms with Gasteiger partial charge < -0.3 is 0 Å². The van der Waals surface area contributed by atoms with Crippen LogP contribution < -0.4 is 4.90 Å². The molecule has 0 bridgehead atoms. The van der Waals surface area contributed by atoms with Crippen LogP contribution in [0.3, 0.4) is 0 Å². The lowest BCUT2D eigenvalue weighted by Gasteiger charge is -2.12. The van der Waals surface area contributed by atoms with Crippen LogP contribution in [0.2, 0.25) is 0 Å². The molecule has 2 amide bonds. The second kappa shape index (κ2) is 6.10. The smallest absolute Gasteiger partial charge is 0.268 e. The first-order valence-electron chi connectivity index (χ1n) is 6.65. The fourth-order valence-electron chi connectivity index (χ4n) is 2.19. The number of halogens is 1. The number of benzene rings is 2. The van der Waals surface area contributed by atoms with Crippen molar-refractivity contribution in [3.05, 3.63) is 69.0 Å². The Balaban J connectivity index is 1.97. The number of thioether (sulfide) groups is 1. The van der Waals surface area contributed by atoms with E-state index in [1.807, 2.05) is 49.4 Å². The van der Waals surface area contributed by atoms with E-state index in [1.165, 1.54) is 4.90 Å². The summed E-state index contributed by atoms with van der Waals surface area (Å²) in [6, 6.07) is 15.0. The van der Waals surface area contributed by atoms with Crippen molar-refractivity contribution in [2.24, 2.45) is 0 Å². The molecule has 0 unspecified atom stereocenters. The molecule has 1 aliphatic rings. The molecule has 2 aromatic carbocycles. The second-order valence-electron chi connectivity index (χ2n) is 4.88. The van der Waals surface area contributed by atoms with Crippen molar-refractivity contribution in [2.75, 3.05) is 4.90 Å². The van der Waals surface area contributed by atoms with Gasteiger partial charge in [0.2, 0.25) is 0 Å². The van der Waals surface area contributed by atoms with Gasteiger partial charge in [-0.3, -0.25) is 9.59 Å². The minimum Gasteiger partial charge on any atom is -0.268 e. The molecule has 1 aliphatic heterocycles. The Labute approximate surface area is 141 Å². The van der Waals surface area contributed by atoms with E-state index in [2.05, 4.69) is 15.9 Å². The number of aryl methyl sites for hydroxylation is 1. The molecule has 1 saturated heterocycles. The van der Waals surface area contributed by atoms with E-state index in [9.17, 15) is 9.59 Å². The highest BCUT2D eigenvalue weighted by molar-refractivity contribution is 9.10. The van der Waals surface area contributed by atoms with Gasteiger partial charge >= 0.3 is 0 Å². The Bertz CT molecular complexity index is 801. The van der Waals surface area contributed by atoms with Gasteiger partial charge in [0.15, 0.2) is 0 Å². The average Bonchev–Trinajstić information content (AvgIpc) is 2.76. The van der Waals surface area contributed by atoms with Crippen molar-refractivity contribution in [2.45, 2.75) is 6.92 Å². The highest BCUT2D eigenvalue weighted by atomic mass is 79.9. The zero-order valence-corrected chi connectivity index (χ0v) is 14.1. The summed E-state index contributed by atoms with van der Waals surface area (Å²) in [5, 5.41) is -0.270. The predicted molar refractivity (Wildman–Crippen MR) is 93.8 cm³/mol. The summed E-state index contributed by atoms with van der Waals surface area (Å²) < 4.78 is 0.886. The minimum absolute atomic E-state index is 0.270. The lowest BCUT2D eigenvalue weighted by atomic mass is 10.2. The maximum Gasteiger partial charge on any atom is 0.298 e. The number of imide groups is 1. The summed E-state index contributed by atoms with van der Waals surface area (Å²) >= 11 is 4.41. The Morgan fingerprint density at radius 2 is 1.86 bits per heavy atom. The first kappa shape index (κ1) is 15.1. The van der Waals surface area contributed by atoms with Gasteiger partial charge in [-0.15, -0.1) is 0 Å². The summed E-state index contributed by atoms with van der Waals surface area (Å²) in [5.74, 6) is -0.281. The van der Waals surface area contributed by atoms with Gasteiger partial charge in [-0.1, -0.05) is 46.3 Å². The Morgan fingerprint density at radius 1 is 1.09 bits per heavy atom. The van der Waals surface area contributed by atoms with Gasteiger partial charge in [-0.25, -0.2) is 4.90 Å². The number of hydrogen-bond donors (Lipinski definition) is 0. The first-order chi connectivity index (χ1) is 10.6. The van der Waals surface area contributed by atoms with Gasteiger partial charge in [0, 0.05) is 4.47 Å². The number of hydrogen-bond acceptors (Lipinski definition) is 3. The molecule has 0 saturated carbocycles. The van der Waals surface area contributed by atoms with Gasteiger partial charge in [-0.05, 0) is 54.1 Å². The van der Waals surface area contributed by atoms with Crippen LogP contribution in [0, 0.1) is 6.92 Å². The number of carbonyl (C=O) groups excluding carboxylic acids is 2. The number of anilines is 1. The van der Waals surface area contributed by atoms with E-state index in [0.29, 0.717) is 10.6 Å². The average molecular weight is 374 g/mol. The second-order valence-corrected chi connectivity index (χ2v) is 6.73. The molecular formula is C17H12BrNO2S. The normalized spacial score (nSPS) is 16.6. The molecule has 3 nitrogen and oxygen atoms in total. The monoisotopic (exact) mass is 373 g/mol. The molecule has 0 spiro atoms. The van der Waals surface area contributed by atoms with Crippen molar-refractivity contribution in [3.63, 3.8) is 0 Å². The predicted octanol–water partition coefficient (Wildman–Crippen LogP) is 5.00. The summed E-state index contributed by atoms with van der Waals surface area (Å²) in [4.78, 5) is 26.4. The molecular weight excluding hydrogens is 362 g/mol. The van der Waals surface area contributed by atoms with Gasteiger partial charge in [0.05, 0.1) is 10.6 Å². The van der Waals surface area contributed by atoms with Crippen LogP contribution in [0.4, 0.5) is 10.5 Å². The summed E-state index contributed by atoms with van der Waals surface area (Å²) in [7, 11) is 0. The molecule has 0 atom stereocenters. The van der Waals surface area contributed by atoms with Crippen LogP contribution in [-0.4, -0.2) is 11.1 Å². The fourth-order valence-corrected chi connectivity index (χ4v) is 3.42. The van der Waals surface area contributed by atoms with E-state index in [0.717, 1.165) is 27.4 Å². The zero-order chi connectivity index (χ0) is 15.7. The summed E-state index contributed by atoms with van der Waals surface area (Å²) in [6.07, 6.45) is 1.74. The lowest BCUT2D eigenvalue weighted by Crippen LogP contribution is -2.27. The number of rotatable bonds is 2. The van der Waals surface area contributed by atoms with Crippen molar-refractivity contribution >= 4 is 50.6 Å². The van der Waals surface area contributed by atoms with Gasteiger partial charge in [0.1, 0.15) is 0 Å². The minimum atomic E-state index is -0.281. The Hall–Kier alpha value is -1.85. The third-order valence-electron chi connectivity index (χ3n) is 3.25. The topological polar surface area (TPSA) is 37.4 Å². The van der Waals surface area contributed by atoms with E-state index in [1.54, 1.807) is 12.1 Å². The third kappa shape index (κ3) is 2.87. The van der Waals surface area contributed by atoms with E-state index in [4.69, 9.17) is 0 Å². The van der Waals surface area contributed by atoms with Gasteiger partial charge in [0.25, 0.3) is 11.1 Å². The molecule has 1 heterocycles. The quantitative estimate of drug-likeness (QED) is 0.695. The number of carbonyl (C=O) groups is 2. The Kier molecular flexibility index (Phi) is 4.18. The highest BCUT2D eigenvalue weighted by Crippen LogP contribution is 2.36. The van der Waals surface area contributed by atoms with Gasteiger partial charge in [-0.2, -0.15) is 0 Å². The maximum absolute atomic E-state index is 12.5. The van der Waals surface area contributed by atoms with Crippen LogP contribution in [0.25, 0.3) is 6.08 Å². The van der Waals surface area contributed by atoms with Crippen molar-refractivity contribution < 1.29 is 9.59 Å². The summed E-state index contributed by atoms with van der Waals surface area (Å²) in [6.45, 7) is 1.93. The third-order valence-corrected chi connectivity index (χ3v) is 4.84. The van der Waals surface area contributed by atoms with Crippen molar-refractivity contribution in [3.8, 4) is 0 Å². The highest BCUT2D eigenvalue weighted by Gasteiger charge is 2.36. The molecule has 0 radical (unpaired) electrons. The van der Waals surface area contributed by atoms with Crippen LogP contribution in [0.15, 0.2) is 57.9 Å². The van der Waals surface area contributed by atoms with E-state index >= 15 is 0 Å². The largest absolute Gasteiger partial charge is 0.298 e. The van der Waals surface area contributed by atoms with Crippen molar-refractivity contribution in [1.82, 2.24) is 0 Å². The lowest BCUT2D eigenvalue weighted by molar-refractivity contribution is -0.113. The Morgan fingerprint density at radius 3 is 2.59 bits per heavy atom. The van der Waals surface area contributed by atoms with E-state index < -0.39 is 0 Å². The fraction of sp³-hybridized carbons (Fsp3) is 0.0588. The van der Waals surface area contributed by atoms with Crippen LogP contribution in [0.1, 0.15) is 11.1 Å². The number of nitrogens with zero attached hydrogens (tertiary/aromatic N) is 1.